The predicted molar refractivity (Wildman–Crippen MR) is 321 cm³/mol. The smallest absolute Gasteiger partial charge is 0.257 e. The van der Waals surface area contributed by atoms with Gasteiger partial charge in [-0.3, -0.25) is 0 Å². The highest BCUT2D eigenvalue weighted by molar-refractivity contribution is 7.01. The Balaban J connectivity index is 1.24. The molecule has 0 saturated heterocycles. The van der Waals surface area contributed by atoms with E-state index in [1.165, 1.54) is 61.1 Å². The van der Waals surface area contributed by atoms with E-state index < -0.39 is 0 Å². The van der Waals surface area contributed by atoms with Gasteiger partial charge in [-0.2, -0.15) is 0 Å². The zero-order chi connectivity index (χ0) is 52.6. The molecule has 1 aromatic heterocycles. The third-order valence-electron chi connectivity index (χ3n) is 15.9. The lowest BCUT2D eigenvalue weighted by atomic mass is 9.33. The number of fused-ring (bicyclic) bond motifs is 8. The van der Waals surface area contributed by atoms with E-state index in [-0.39, 0.29) is 33.8 Å². The number of furan rings is 1. The largest absolute Gasteiger partial charge is 0.457 e. The van der Waals surface area contributed by atoms with Crippen molar-refractivity contribution in [1.82, 2.24) is 0 Å². The van der Waals surface area contributed by atoms with Gasteiger partial charge in [0.05, 0.1) is 0 Å². The lowest BCUT2D eigenvalue weighted by molar-refractivity contribution is 0.589. The maximum absolute atomic E-state index is 7.21. The Kier molecular flexibility index (Phi) is 11.3. The Morgan fingerprint density at radius 3 is 1.26 bits per heavy atom. The summed E-state index contributed by atoms with van der Waals surface area (Å²) in [6, 6.07) is 60.6. The summed E-state index contributed by atoms with van der Waals surface area (Å²) < 4.78 is 7.21. The van der Waals surface area contributed by atoms with Gasteiger partial charge in [-0.1, -0.05) is 170 Å². The number of aryl methyl sites for hydroxylation is 1. The lowest BCUT2D eigenvalue weighted by Gasteiger charge is -2.45. The number of hydrogen-bond acceptors (Lipinski definition) is 4. The van der Waals surface area contributed by atoms with Gasteiger partial charge in [0.2, 0.25) is 0 Å². The standard InChI is InChI=1S/C69H74BN3O/c1-43-17-38-61-55(39-43)54-35-37-57-63(64(54)74-61)70-56-36-34-53(71(49-26-18-44(19-27-49)65(2,3)4)50-28-20-45(21-29-50)66(5,6)7)42-58(56)73(52-32-24-47(25-33-52)68(11,12)13)60-41-48(69(14,15)16)40-59(62(60)70)72(57)51-30-22-46(23-31-51)67(8,9)10/h17-42H,1-16H3. The van der Waals surface area contributed by atoms with Gasteiger partial charge in [-0.05, 0) is 175 Å². The molecule has 0 aliphatic carbocycles. The van der Waals surface area contributed by atoms with Crippen molar-refractivity contribution >= 4 is 96.2 Å². The van der Waals surface area contributed by atoms with Crippen molar-refractivity contribution in [3.63, 3.8) is 0 Å². The van der Waals surface area contributed by atoms with Gasteiger partial charge >= 0.3 is 0 Å². The number of nitrogens with zero attached hydrogens (tertiary/aromatic N) is 3. The second-order valence-corrected chi connectivity index (χ2v) is 26.5. The topological polar surface area (TPSA) is 22.9 Å². The Labute approximate surface area is 442 Å². The van der Waals surface area contributed by atoms with Crippen molar-refractivity contribution in [2.75, 3.05) is 14.7 Å². The van der Waals surface area contributed by atoms with Crippen LogP contribution in [-0.4, -0.2) is 6.71 Å². The van der Waals surface area contributed by atoms with Crippen LogP contribution in [0.15, 0.2) is 162 Å². The predicted octanol–water partition coefficient (Wildman–Crippen LogP) is 17.9. The monoisotopic (exact) mass is 972 g/mol. The fraction of sp³-hybridized carbons (Fsp3) is 0.304. The SMILES string of the molecule is Cc1ccc2oc3c4c(ccc3c2c1)N(c1ccc(C(C)(C)C)cc1)c1cc(C(C)(C)C)cc2c1B4c1ccc(N(c3ccc(C(C)(C)C)cc3)c3ccc(C(C)(C)C)cc3)cc1N2c1ccc(C(C)(C)C)cc1. The molecule has 0 N–H and O–H groups in total. The van der Waals surface area contributed by atoms with Crippen molar-refractivity contribution in [1.29, 1.82) is 0 Å². The molecule has 4 nitrogen and oxygen atoms in total. The molecule has 2 aliphatic rings. The average Bonchev–Trinajstić information content (AvgIpc) is 3.71. The first kappa shape index (κ1) is 49.2. The summed E-state index contributed by atoms with van der Waals surface area (Å²) >= 11 is 0. The van der Waals surface area contributed by atoms with Gasteiger partial charge in [0, 0.05) is 62.0 Å². The molecule has 0 radical (unpaired) electrons. The summed E-state index contributed by atoms with van der Waals surface area (Å²) in [6.45, 7) is 36.6. The number of anilines is 9. The third kappa shape index (κ3) is 8.41. The highest BCUT2D eigenvalue weighted by Gasteiger charge is 2.46. The summed E-state index contributed by atoms with van der Waals surface area (Å²) in [5.41, 5.74) is 23.5. The first-order valence-electron chi connectivity index (χ1n) is 26.9. The van der Waals surface area contributed by atoms with Crippen LogP contribution in [0.3, 0.4) is 0 Å². The fourth-order valence-corrected chi connectivity index (χ4v) is 11.4. The van der Waals surface area contributed by atoms with Gasteiger partial charge in [0.1, 0.15) is 11.2 Å². The van der Waals surface area contributed by atoms with Crippen LogP contribution in [0.2, 0.25) is 0 Å². The molecule has 74 heavy (non-hydrogen) atoms. The zero-order valence-corrected chi connectivity index (χ0v) is 46.8. The van der Waals surface area contributed by atoms with Gasteiger partial charge in [-0.15, -0.1) is 0 Å². The summed E-state index contributed by atoms with van der Waals surface area (Å²) in [7, 11) is 0. The summed E-state index contributed by atoms with van der Waals surface area (Å²) in [6.07, 6.45) is 0. The minimum atomic E-state index is -0.164. The summed E-state index contributed by atoms with van der Waals surface area (Å²) in [5.74, 6) is 0. The normalized spacial score (nSPS) is 13.9. The van der Waals surface area contributed by atoms with Crippen LogP contribution >= 0.6 is 0 Å². The van der Waals surface area contributed by atoms with Crippen molar-refractivity contribution in [3.05, 3.63) is 191 Å². The van der Waals surface area contributed by atoms with Crippen LogP contribution in [0.25, 0.3) is 21.9 Å². The number of hydrogen-bond donors (Lipinski definition) is 0. The molecule has 9 aromatic rings. The van der Waals surface area contributed by atoms with E-state index in [9.17, 15) is 0 Å². The van der Waals surface area contributed by atoms with Crippen LogP contribution in [0, 0.1) is 6.92 Å². The average molecular weight is 972 g/mol. The van der Waals surface area contributed by atoms with Crippen LogP contribution in [0.4, 0.5) is 51.2 Å². The molecular weight excluding hydrogens is 898 g/mol. The van der Waals surface area contributed by atoms with Gasteiger partial charge < -0.3 is 19.1 Å². The maximum Gasteiger partial charge on any atom is 0.257 e. The molecule has 0 unspecified atom stereocenters. The number of benzene rings is 8. The number of rotatable bonds is 5. The van der Waals surface area contributed by atoms with Gasteiger partial charge in [0.15, 0.2) is 0 Å². The van der Waals surface area contributed by atoms with Crippen LogP contribution in [0.1, 0.15) is 137 Å². The second kappa shape index (κ2) is 17.0. The van der Waals surface area contributed by atoms with E-state index in [4.69, 9.17) is 4.42 Å². The lowest BCUT2D eigenvalue weighted by Crippen LogP contribution is -2.61. The molecule has 0 amide bonds. The van der Waals surface area contributed by atoms with Crippen LogP contribution in [-0.2, 0) is 27.1 Å². The maximum atomic E-state index is 7.21. The zero-order valence-electron chi connectivity index (χ0n) is 46.8. The van der Waals surface area contributed by atoms with Gasteiger partial charge in [-0.25, -0.2) is 0 Å². The minimum Gasteiger partial charge on any atom is -0.457 e. The molecular formula is C69H74BN3O. The van der Waals surface area contributed by atoms with Gasteiger partial charge in [0.25, 0.3) is 6.71 Å². The molecule has 0 saturated carbocycles. The molecule has 0 atom stereocenters. The van der Waals surface area contributed by atoms with E-state index in [0.717, 1.165) is 61.8 Å². The second-order valence-electron chi connectivity index (χ2n) is 26.5. The molecule has 3 heterocycles. The Hall–Kier alpha value is -6.98. The van der Waals surface area contributed by atoms with E-state index in [1.54, 1.807) is 0 Å². The van der Waals surface area contributed by atoms with E-state index in [0.29, 0.717) is 0 Å². The third-order valence-corrected chi connectivity index (χ3v) is 15.9. The first-order valence-corrected chi connectivity index (χ1v) is 26.9. The van der Waals surface area contributed by atoms with Crippen molar-refractivity contribution in [3.8, 4) is 0 Å². The highest BCUT2D eigenvalue weighted by atomic mass is 16.3. The summed E-state index contributed by atoms with van der Waals surface area (Å²) in [5, 5.41) is 2.29. The summed E-state index contributed by atoms with van der Waals surface area (Å²) in [4.78, 5) is 7.56. The molecule has 2 aliphatic heterocycles. The van der Waals surface area contributed by atoms with E-state index in [2.05, 4.69) is 283 Å². The molecule has 5 heteroatoms. The Morgan fingerprint density at radius 2 is 0.797 bits per heavy atom. The fourth-order valence-electron chi connectivity index (χ4n) is 11.4. The van der Waals surface area contributed by atoms with Crippen LogP contribution < -0.4 is 31.1 Å². The first-order chi connectivity index (χ1) is 34.8. The van der Waals surface area contributed by atoms with Crippen molar-refractivity contribution < 1.29 is 4.42 Å². The molecule has 11 rings (SSSR count). The Morgan fingerprint density at radius 1 is 0.365 bits per heavy atom. The molecule has 0 fully saturated rings. The highest BCUT2D eigenvalue weighted by Crippen LogP contribution is 2.49. The molecule has 374 valence electrons. The van der Waals surface area contributed by atoms with Crippen molar-refractivity contribution in [2.24, 2.45) is 0 Å². The molecule has 0 bridgehead atoms. The van der Waals surface area contributed by atoms with E-state index >= 15 is 0 Å². The molecule has 8 aromatic carbocycles. The van der Waals surface area contributed by atoms with Crippen molar-refractivity contribution in [2.45, 2.75) is 138 Å². The minimum absolute atomic E-state index is 0.00323. The Bertz CT molecular complexity index is 3560. The van der Waals surface area contributed by atoms with Crippen LogP contribution in [0.5, 0.6) is 0 Å². The van der Waals surface area contributed by atoms with E-state index in [1.807, 2.05) is 0 Å². The molecule has 0 spiro atoms. The quantitative estimate of drug-likeness (QED) is 0.160.